The van der Waals surface area contributed by atoms with Crippen LogP contribution in [0.25, 0.3) is 0 Å². The lowest BCUT2D eigenvalue weighted by atomic mass is 10.3. The summed E-state index contributed by atoms with van der Waals surface area (Å²) in [6, 6.07) is 7.75. The number of guanidine groups is 1. The first-order valence-corrected chi connectivity index (χ1v) is 8.76. The molecule has 0 spiro atoms. The van der Waals surface area contributed by atoms with Crippen LogP contribution in [0.1, 0.15) is 17.1 Å². The van der Waals surface area contributed by atoms with Gasteiger partial charge in [-0.05, 0) is 37.1 Å². The molecular formula is C16H23ClIN3O2S. The number of furan rings is 1. The maximum Gasteiger partial charge on any atom is 0.190 e. The van der Waals surface area contributed by atoms with Gasteiger partial charge < -0.3 is 19.8 Å². The molecule has 0 saturated heterocycles. The fourth-order valence-corrected chi connectivity index (χ4v) is 3.05. The molecule has 0 aliphatic rings. The van der Waals surface area contributed by atoms with E-state index < -0.39 is 0 Å². The van der Waals surface area contributed by atoms with Crippen molar-refractivity contribution >= 4 is 52.9 Å². The summed E-state index contributed by atoms with van der Waals surface area (Å²) < 4.78 is 11.6. The van der Waals surface area contributed by atoms with Crippen molar-refractivity contribution in [1.29, 1.82) is 0 Å². The highest BCUT2D eigenvalue weighted by molar-refractivity contribution is 14.0. The summed E-state index contributed by atoms with van der Waals surface area (Å²) >= 11 is 7.53. The van der Waals surface area contributed by atoms with E-state index in [4.69, 9.17) is 20.8 Å². The first-order valence-electron chi connectivity index (χ1n) is 7.57. The summed E-state index contributed by atoms with van der Waals surface area (Å²) in [7, 11) is 1.77. The van der Waals surface area contributed by atoms with Gasteiger partial charge in [-0.15, -0.1) is 35.3 Å². The smallest absolute Gasteiger partial charge is 0.190 e. The van der Waals surface area contributed by atoms with Crippen molar-refractivity contribution in [3.05, 3.63) is 45.5 Å². The SMILES string of the molecule is CN=C(NCCCOCc1ccco1)NCCc1ccc(Cl)s1.I. The van der Waals surface area contributed by atoms with Crippen molar-refractivity contribution in [2.24, 2.45) is 4.99 Å². The van der Waals surface area contributed by atoms with Crippen LogP contribution in [-0.2, 0) is 17.8 Å². The minimum Gasteiger partial charge on any atom is -0.467 e. The molecular weight excluding hydrogens is 461 g/mol. The Hall–Kier alpha value is -0.770. The molecule has 0 aromatic carbocycles. The predicted octanol–water partition coefficient (Wildman–Crippen LogP) is 3.93. The standard InChI is InChI=1S/C16H22ClN3O2S.HI/c1-18-16(20-9-7-14-5-6-15(17)23-14)19-8-3-10-21-12-13-4-2-11-22-13;/h2,4-6,11H,3,7-10,12H2,1H3,(H2,18,19,20);1H. The quantitative estimate of drug-likeness (QED) is 0.246. The lowest BCUT2D eigenvalue weighted by Gasteiger charge is -2.11. The lowest BCUT2D eigenvalue weighted by Crippen LogP contribution is -2.38. The van der Waals surface area contributed by atoms with E-state index in [2.05, 4.69) is 21.7 Å². The zero-order valence-corrected chi connectivity index (χ0v) is 17.5. The third kappa shape index (κ3) is 8.36. The number of nitrogens with one attached hydrogen (secondary N) is 2. The molecule has 2 aromatic rings. The average Bonchev–Trinajstić information content (AvgIpc) is 3.20. The Balaban J connectivity index is 0.00000288. The molecule has 8 heteroatoms. The van der Waals surface area contributed by atoms with Crippen molar-refractivity contribution in [2.45, 2.75) is 19.4 Å². The normalized spacial score (nSPS) is 11.2. The third-order valence-corrected chi connectivity index (χ3v) is 4.39. The minimum absolute atomic E-state index is 0. The Morgan fingerprint density at radius 2 is 2.12 bits per heavy atom. The van der Waals surface area contributed by atoms with E-state index in [9.17, 15) is 0 Å². The molecule has 2 heterocycles. The highest BCUT2D eigenvalue weighted by atomic mass is 127. The predicted molar refractivity (Wildman–Crippen MR) is 111 cm³/mol. The van der Waals surface area contributed by atoms with Crippen molar-refractivity contribution in [3.8, 4) is 0 Å². The van der Waals surface area contributed by atoms with Crippen LogP contribution in [0.2, 0.25) is 4.34 Å². The third-order valence-electron chi connectivity index (χ3n) is 3.10. The topological polar surface area (TPSA) is 58.8 Å². The minimum atomic E-state index is 0. The summed E-state index contributed by atoms with van der Waals surface area (Å²) in [5.41, 5.74) is 0. The number of hydrogen-bond acceptors (Lipinski definition) is 4. The maximum atomic E-state index is 5.92. The summed E-state index contributed by atoms with van der Waals surface area (Å²) in [6.07, 6.45) is 3.49. The van der Waals surface area contributed by atoms with Gasteiger partial charge in [-0.3, -0.25) is 4.99 Å². The second-order valence-electron chi connectivity index (χ2n) is 4.87. The van der Waals surface area contributed by atoms with Crippen LogP contribution in [0.15, 0.2) is 39.9 Å². The average molecular weight is 484 g/mol. The maximum absolute atomic E-state index is 5.92. The van der Waals surface area contributed by atoms with Gasteiger partial charge in [-0.1, -0.05) is 11.6 Å². The van der Waals surface area contributed by atoms with E-state index in [-0.39, 0.29) is 24.0 Å². The second kappa shape index (κ2) is 12.6. The van der Waals surface area contributed by atoms with Gasteiger partial charge in [0.25, 0.3) is 0 Å². The van der Waals surface area contributed by atoms with Crippen LogP contribution in [0.4, 0.5) is 0 Å². The molecule has 2 N–H and O–H groups in total. The van der Waals surface area contributed by atoms with Crippen molar-refractivity contribution in [2.75, 3.05) is 26.7 Å². The molecule has 134 valence electrons. The zero-order chi connectivity index (χ0) is 16.3. The van der Waals surface area contributed by atoms with Crippen LogP contribution in [0.3, 0.4) is 0 Å². The van der Waals surface area contributed by atoms with Crippen LogP contribution in [0, 0.1) is 0 Å². The first-order chi connectivity index (χ1) is 11.3. The van der Waals surface area contributed by atoms with E-state index in [0.717, 1.165) is 42.0 Å². The Bertz CT molecular complexity index is 590. The van der Waals surface area contributed by atoms with Gasteiger partial charge in [0, 0.05) is 31.6 Å². The molecule has 0 unspecified atom stereocenters. The van der Waals surface area contributed by atoms with E-state index in [1.807, 2.05) is 18.2 Å². The fraction of sp³-hybridized carbons (Fsp3) is 0.438. The molecule has 24 heavy (non-hydrogen) atoms. The first kappa shape index (κ1) is 21.3. The molecule has 0 aliphatic heterocycles. The molecule has 0 atom stereocenters. The van der Waals surface area contributed by atoms with Gasteiger partial charge in [0.05, 0.1) is 10.6 Å². The van der Waals surface area contributed by atoms with Gasteiger partial charge in [0.1, 0.15) is 12.4 Å². The van der Waals surface area contributed by atoms with Crippen LogP contribution >= 0.6 is 46.9 Å². The molecule has 0 radical (unpaired) electrons. The van der Waals surface area contributed by atoms with E-state index >= 15 is 0 Å². The van der Waals surface area contributed by atoms with Gasteiger partial charge in [-0.2, -0.15) is 0 Å². The Kier molecular flexibility index (Phi) is 11.1. The fourth-order valence-electron chi connectivity index (χ4n) is 1.96. The van der Waals surface area contributed by atoms with Crippen LogP contribution < -0.4 is 10.6 Å². The summed E-state index contributed by atoms with van der Waals surface area (Å²) in [6.45, 7) is 2.83. The number of hydrogen-bond donors (Lipinski definition) is 2. The molecule has 2 aromatic heterocycles. The van der Waals surface area contributed by atoms with Crippen molar-refractivity contribution < 1.29 is 9.15 Å². The lowest BCUT2D eigenvalue weighted by molar-refractivity contribution is 0.105. The van der Waals surface area contributed by atoms with Crippen molar-refractivity contribution in [1.82, 2.24) is 10.6 Å². The number of halogens is 2. The molecule has 0 amide bonds. The van der Waals surface area contributed by atoms with E-state index in [1.54, 1.807) is 24.6 Å². The van der Waals surface area contributed by atoms with Gasteiger partial charge in [0.15, 0.2) is 5.96 Å². The second-order valence-corrected chi connectivity index (χ2v) is 6.67. The monoisotopic (exact) mass is 483 g/mol. The Morgan fingerprint density at radius 3 is 2.79 bits per heavy atom. The highest BCUT2D eigenvalue weighted by Crippen LogP contribution is 2.21. The molecule has 0 bridgehead atoms. The van der Waals surface area contributed by atoms with E-state index in [1.165, 1.54) is 4.88 Å². The molecule has 0 aliphatic carbocycles. The molecule has 0 saturated carbocycles. The Morgan fingerprint density at radius 1 is 1.29 bits per heavy atom. The number of aliphatic imine (C=N–C) groups is 1. The summed E-state index contributed by atoms with van der Waals surface area (Å²) in [4.78, 5) is 5.47. The van der Waals surface area contributed by atoms with Gasteiger partial charge >= 0.3 is 0 Å². The number of nitrogens with zero attached hydrogens (tertiary/aromatic N) is 1. The molecule has 2 rings (SSSR count). The van der Waals surface area contributed by atoms with E-state index in [0.29, 0.717) is 13.2 Å². The largest absolute Gasteiger partial charge is 0.467 e. The Labute approximate surface area is 168 Å². The zero-order valence-electron chi connectivity index (χ0n) is 13.6. The molecule has 0 fully saturated rings. The number of ether oxygens (including phenoxy) is 1. The van der Waals surface area contributed by atoms with Crippen LogP contribution in [-0.4, -0.2) is 32.7 Å². The summed E-state index contributed by atoms with van der Waals surface area (Å²) in [5.74, 6) is 1.66. The van der Waals surface area contributed by atoms with Gasteiger partial charge in [0.2, 0.25) is 0 Å². The number of thiophene rings is 1. The number of rotatable bonds is 9. The van der Waals surface area contributed by atoms with Gasteiger partial charge in [-0.25, -0.2) is 0 Å². The van der Waals surface area contributed by atoms with Crippen LogP contribution in [0.5, 0.6) is 0 Å². The summed E-state index contributed by atoms with van der Waals surface area (Å²) in [5, 5.41) is 6.55. The molecule has 5 nitrogen and oxygen atoms in total. The van der Waals surface area contributed by atoms with Crippen molar-refractivity contribution in [3.63, 3.8) is 0 Å². The highest BCUT2D eigenvalue weighted by Gasteiger charge is 2.00.